The number of carboxylic acid groups (broad SMARTS) is 1. The Morgan fingerprint density at radius 1 is 1.37 bits per heavy atom. The van der Waals surface area contributed by atoms with Gasteiger partial charge in [0.1, 0.15) is 10.6 Å². The first-order valence-electron chi connectivity index (χ1n) is 5.39. The summed E-state index contributed by atoms with van der Waals surface area (Å²) < 4.78 is 5.21. The van der Waals surface area contributed by atoms with Gasteiger partial charge in [-0.05, 0) is 11.4 Å². The summed E-state index contributed by atoms with van der Waals surface area (Å²) in [6.07, 6.45) is 0. The Hall–Kier alpha value is -1.86. The highest BCUT2D eigenvalue weighted by molar-refractivity contribution is 7.12. The average Bonchev–Trinajstić information content (AvgIpc) is 3.05. The van der Waals surface area contributed by atoms with Crippen molar-refractivity contribution in [2.75, 3.05) is 6.61 Å². The number of thiophene rings is 2. The lowest BCUT2D eigenvalue weighted by molar-refractivity contribution is -0.123. The van der Waals surface area contributed by atoms with Crippen molar-refractivity contribution in [3.63, 3.8) is 0 Å². The van der Waals surface area contributed by atoms with Crippen molar-refractivity contribution in [1.29, 1.82) is 0 Å². The Labute approximate surface area is 117 Å². The fourth-order valence-corrected chi connectivity index (χ4v) is 2.61. The molecule has 0 aromatic carbocycles. The molecule has 0 bridgehead atoms. The van der Waals surface area contributed by atoms with E-state index < -0.39 is 5.97 Å². The summed E-state index contributed by atoms with van der Waals surface area (Å²) in [5.41, 5.74) is 0. The second-order valence-electron chi connectivity index (χ2n) is 3.60. The van der Waals surface area contributed by atoms with E-state index in [4.69, 9.17) is 9.84 Å². The van der Waals surface area contributed by atoms with Crippen molar-refractivity contribution in [2.24, 2.45) is 0 Å². The highest BCUT2D eigenvalue weighted by Crippen LogP contribution is 2.21. The molecule has 2 aromatic rings. The van der Waals surface area contributed by atoms with Gasteiger partial charge in [-0.1, -0.05) is 6.07 Å². The lowest BCUT2D eigenvalue weighted by Crippen LogP contribution is -2.27. The van der Waals surface area contributed by atoms with Crippen LogP contribution in [0.4, 0.5) is 0 Å². The molecule has 0 saturated heterocycles. The minimum atomic E-state index is -0.998. The fourth-order valence-electron chi connectivity index (χ4n) is 1.31. The number of ether oxygens (including phenoxy) is 1. The van der Waals surface area contributed by atoms with Crippen molar-refractivity contribution < 1.29 is 19.4 Å². The van der Waals surface area contributed by atoms with Crippen LogP contribution in [0.5, 0.6) is 5.75 Å². The largest absolute Gasteiger partial charge is 0.483 e. The van der Waals surface area contributed by atoms with E-state index in [1.54, 1.807) is 16.7 Å². The Morgan fingerprint density at radius 2 is 2.21 bits per heavy atom. The molecule has 0 radical (unpaired) electrons. The van der Waals surface area contributed by atoms with E-state index in [9.17, 15) is 9.59 Å². The molecule has 2 N–H and O–H groups in total. The normalized spacial score (nSPS) is 10.1. The zero-order chi connectivity index (χ0) is 13.7. The van der Waals surface area contributed by atoms with Crippen molar-refractivity contribution in [1.82, 2.24) is 5.32 Å². The summed E-state index contributed by atoms with van der Waals surface area (Å²) in [5, 5.41) is 15.0. The van der Waals surface area contributed by atoms with Gasteiger partial charge in [0.2, 0.25) is 0 Å². The Bertz CT molecular complexity index is 562. The summed E-state index contributed by atoms with van der Waals surface area (Å²) in [6, 6.07) is 5.25. The van der Waals surface area contributed by atoms with Crippen LogP contribution in [0.3, 0.4) is 0 Å². The summed E-state index contributed by atoms with van der Waals surface area (Å²) in [6.45, 7) is 0.352. The molecule has 0 spiro atoms. The topological polar surface area (TPSA) is 75.6 Å². The molecule has 0 aliphatic carbocycles. The van der Waals surface area contributed by atoms with Crippen LogP contribution in [0.25, 0.3) is 0 Å². The molecule has 0 aliphatic rings. The van der Waals surface area contributed by atoms with Gasteiger partial charge < -0.3 is 15.2 Å². The maximum atomic E-state index is 11.5. The predicted octanol–water partition coefficient (Wildman–Crippen LogP) is 2.20. The molecule has 0 fully saturated rings. The summed E-state index contributed by atoms with van der Waals surface area (Å²) in [5.74, 6) is -0.841. The number of amides is 1. The molecule has 0 unspecified atom stereocenters. The van der Waals surface area contributed by atoms with Crippen LogP contribution >= 0.6 is 22.7 Å². The third-order valence-corrected chi connectivity index (χ3v) is 3.97. The Balaban J connectivity index is 1.75. The van der Waals surface area contributed by atoms with E-state index in [1.165, 1.54) is 6.07 Å². The van der Waals surface area contributed by atoms with Crippen LogP contribution in [-0.4, -0.2) is 23.6 Å². The van der Waals surface area contributed by atoms with Gasteiger partial charge in [-0.2, -0.15) is 0 Å². The van der Waals surface area contributed by atoms with E-state index in [0.717, 1.165) is 16.2 Å². The van der Waals surface area contributed by atoms with Gasteiger partial charge in [-0.3, -0.25) is 4.79 Å². The van der Waals surface area contributed by atoms with Crippen LogP contribution in [0, 0.1) is 0 Å². The lowest BCUT2D eigenvalue weighted by Gasteiger charge is -2.04. The van der Waals surface area contributed by atoms with Gasteiger partial charge in [0, 0.05) is 16.3 Å². The highest BCUT2D eigenvalue weighted by atomic mass is 32.1. The van der Waals surface area contributed by atoms with Crippen LogP contribution in [0.2, 0.25) is 0 Å². The van der Waals surface area contributed by atoms with Crippen LogP contribution < -0.4 is 10.1 Å². The number of nitrogens with one attached hydrogen (secondary N) is 1. The van der Waals surface area contributed by atoms with E-state index in [0.29, 0.717) is 12.3 Å². The number of hydrogen-bond donors (Lipinski definition) is 2. The maximum absolute atomic E-state index is 11.5. The molecule has 0 saturated carbocycles. The molecule has 2 heterocycles. The SMILES string of the molecule is O=C(COc1csc(C(=O)O)c1)NCc1cccs1. The number of rotatable bonds is 6. The molecule has 2 aromatic heterocycles. The first-order valence-corrected chi connectivity index (χ1v) is 7.15. The number of carboxylic acids is 1. The number of aromatic carboxylic acids is 1. The van der Waals surface area contributed by atoms with Crippen molar-refractivity contribution in [2.45, 2.75) is 6.54 Å². The minimum absolute atomic E-state index is 0.124. The second kappa shape index (κ2) is 6.35. The molecule has 19 heavy (non-hydrogen) atoms. The van der Waals surface area contributed by atoms with Crippen molar-refractivity contribution in [3.8, 4) is 5.75 Å². The molecule has 1 amide bonds. The zero-order valence-electron chi connectivity index (χ0n) is 9.79. The molecule has 0 aliphatic heterocycles. The quantitative estimate of drug-likeness (QED) is 0.857. The molecular weight excluding hydrogens is 286 g/mol. The highest BCUT2D eigenvalue weighted by Gasteiger charge is 2.09. The fraction of sp³-hybridized carbons (Fsp3) is 0.167. The predicted molar refractivity (Wildman–Crippen MR) is 72.9 cm³/mol. The number of carbonyl (C=O) groups excluding carboxylic acids is 1. The molecular formula is C12H11NO4S2. The van der Waals surface area contributed by atoms with Crippen LogP contribution in [0.15, 0.2) is 29.0 Å². The van der Waals surface area contributed by atoms with Gasteiger partial charge >= 0.3 is 5.97 Å². The van der Waals surface area contributed by atoms with Crippen molar-refractivity contribution >= 4 is 34.6 Å². The summed E-state index contributed by atoms with van der Waals surface area (Å²) in [7, 11) is 0. The number of carbonyl (C=O) groups is 2. The molecule has 0 atom stereocenters. The van der Waals surface area contributed by atoms with E-state index in [-0.39, 0.29) is 17.4 Å². The molecule has 100 valence electrons. The van der Waals surface area contributed by atoms with Crippen LogP contribution in [0.1, 0.15) is 14.5 Å². The van der Waals surface area contributed by atoms with Gasteiger partial charge in [-0.25, -0.2) is 4.79 Å². The standard InChI is InChI=1S/C12H11NO4S2/c14-11(13-5-9-2-1-3-18-9)6-17-8-4-10(12(15)16)19-7-8/h1-4,7H,5-6H2,(H,13,14)(H,15,16). The first-order chi connectivity index (χ1) is 9.15. The first kappa shape index (κ1) is 13.6. The zero-order valence-corrected chi connectivity index (χ0v) is 11.4. The molecule has 7 heteroatoms. The lowest BCUT2D eigenvalue weighted by atomic mass is 10.4. The second-order valence-corrected chi connectivity index (χ2v) is 5.54. The third kappa shape index (κ3) is 4.08. The van der Waals surface area contributed by atoms with Crippen LogP contribution in [-0.2, 0) is 11.3 Å². The Morgan fingerprint density at radius 3 is 2.84 bits per heavy atom. The Kier molecular flexibility index (Phi) is 4.53. The van der Waals surface area contributed by atoms with Gasteiger partial charge in [0.15, 0.2) is 6.61 Å². The van der Waals surface area contributed by atoms with Crippen molar-refractivity contribution in [3.05, 3.63) is 38.7 Å². The smallest absolute Gasteiger partial charge is 0.346 e. The third-order valence-electron chi connectivity index (χ3n) is 2.20. The maximum Gasteiger partial charge on any atom is 0.346 e. The van der Waals surface area contributed by atoms with E-state index >= 15 is 0 Å². The van der Waals surface area contributed by atoms with Gasteiger partial charge in [0.25, 0.3) is 5.91 Å². The summed E-state index contributed by atoms with van der Waals surface area (Å²) >= 11 is 2.63. The summed E-state index contributed by atoms with van der Waals surface area (Å²) in [4.78, 5) is 23.4. The van der Waals surface area contributed by atoms with E-state index in [1.807, 2.05) is 17.5 Å². The van der Waals surface area contributed by atoms with Gasteiger partial charge in [-0.15, -0.1) is 22.7 Å². The van der Waals surface area contributed by atoms with E-state index in [2.05, 4.69) is 5.32 Å². The minimum Gasteiger partial charge on any atom is -0.483 e. The molecule has 5 nitrogen and oxygen atoms in total. The monoisotopic (exact) mass is 297 g/mol. The average molecular weight is 297 g/mol. The van der Waals surface area contributed by atoms with Gasteiger partial charge in [0.05, 0.1) is 6.54 Å². The number of hydrogen-bond acceptors (Lipinski definition) is 5. The molecule has 2 rings (SSSR count).